The lowest BCUT2D eigenvalue weighted by atomic mass is 9.94. The number of rotatable bonds is 11. The highest BCUT2D eigenvalue weighted by molar-refractivity contribution is 5.72. The molecule has 4 rings (SSSR count). The molecule has 0 unspecified atom stereocenters. The van der Waals surface area contributed by atoms with Crippen molar-refractivity contribution in [1.82, 2.24) is 4.90 Å². The highest BCUT2D eigenvalue weighted by Crippen LogP contribution is 2.32. The van der Waals surface area contributed by atoms with Gasteiger partial charge in [0.25, 0.3) is 0 Å². The van der Waals surface area contributed by atoms with E-state index in [-0.39, 0.29) is 18.2 Å². The summed E-state index contributed by atoms with van der Waals surface area (Å²) >= 11 is 0. The van der Waals surface area contributed by atoms with Crippen LogP contribution in [0.5, 0.6) is 5.75 Å². The fourth-order valence-corrected chi connectivity index (χ4v) is 5.11. The molecular formula is C34H43FN2O4. The third kappa shape index (κ3) is 9.30. The van der Waals surface area contributed by atoms with Gasteiger partial charge in [-0.15, -0.1) is 0 Å². The van der Waals surface area contributed by atoms with Crippen molar-refractivity contribution in [3.63, 3.8) is 0 Å². The first-order valence-electron chi connectivity index (χ1n) is 14.4. The van der Waals surface area contributed by atoms with Crippen LogP contribution >= 0.6 is 0 Å². The zero-order chi connectivity index (χ0) is 29.4. The standard InChI is InChI=1S/C34H43FN2O4/c1-24-19-30(40-18-15-37-13-16-39-17-14-37)20-25(2)33(24)28-8-6-7-26(21-28)23-36-29-11-9-27(31(35)22-29)10-12-32(38)41-34(3,4)5/h6-9,11,19-22,36H,10,12-18,23H2,1-5H3. The molecule has 1 fully saturated rings. The molecule has 3 aromatic rings. The Hall–Kier alpha value is -3.42. The van der Waals surface area contributed by atoms with E-state index in [0.717, 1.165) is 49.7 Å². The Bertz CT molecular complexity index is 1310. The van der Waals surface area contributed by atoms with Gasteiger partial charge >= 0.3 is 5.97 Å². The number of carbonyl (C=O) groups is 1. The fraction of sp³-hybridized carbons (Fsp3) is 0.441. The summed E-state index contributed by atoms with van der Waals surface area (Å²) in [5.41, 5.74) is 6.43. The fourth-order valence-electron chi connectivity index (χ4n) is 5.11. The van der Waals surface area contributed by atoms with Gasteiger partial charge in [0.1, 0.15) is 23.8 Å². The summed E-state index contributed by atoms with van der Waals surface area (Å²) in [6, 6.07) is 17.7. The van der Waals surface area contributed by atoms with Crippen LogP contribution in [0.2, 0.25) is 0 Å². The molecule has 0 bridgehead atoms. The minimum atomic E-state index is -0.543. The zero-order valence-corrected chi connectivity index (χ0v) is 25.0. The van der Waals surface area contributed by atoms with Crippen molar-refractivity contribution in [3.8, 4) is 16.9 Å². The molecule has 7 heteroatoms. The first-order chi connectivity index (χ1) is 19.6. The van der Waals surface area contributed by atoms with Crippen LogP contribution in [-0.4, -0.2) is 55.9 Å². The lowest BCUT2D eigenvalue weighted by Gasteiger charge is -2.26. The normalized spacial score (nSPS) is 14.1. The predicted octanol–water partition coefficient (Wildman–Crippen LogP) is 6.71. The Balaban J connectivity index is 1.34. The van der Waals surface area contributed by atoms with Gasteiger partial charge < -0.3 is 19.5 Å². The SMILES string of the molecule is Cc1cc(OCCN2CCOCC2)cc(C)c1-c1cccc(CNc2ccc(CCC(=O)OC(C)(C)C)c(F)c2)c1. The maximum Gasteiger partial charge on any atom is 0.306 e. The van der Waals surface area contributed by atoms with Gasteiger partial charge in [0.2, 0.25) is 0 Å². The molecule has 0 radical (unpaired) electrons. The Morgan fingerprint density at radius 2 is 1.76 bits per heavy atom. The molecule has 0 aromatic heterocycles. The van der Waals surface area contributed by atoms with Crippen LogP contribution in [-0.2, 0) is 27.2 Å². The molecule has 0 atom stereocenters. The summed E-state index contributed by atoms with van der Waals surface area (Å²) in [5, 5.41) is 3.33. The van der Waals surface area contributed by atoms with Crippen LogP contribution in [0.4, 0.5) is 10.1 Å². The van der Waals surface area contributed by atoms with E-state index in [1.807, 2.05) is 26.8 Å². The summed E-state index contributed by atoms with van der Waals surface area (Å²) in [4.78, 5) is 14.4. The van der Waals surface area contributed by atoms with Crippen LogP contribution in [0, 0.1) is 19.7 Å². The molecule has 0 amide bonds. The van der Waals surface area contributed by atoms with Crippen molar-refractivity contribution in [2.75, 3.05) is 44.8 Å². The Labute approximate surface area is 243 Å². The summed E-state index contributed by atoms with van der Waals surface area (Å²) in [6.07, 6.45) is 0.452. The topological polar surface area (TPSA) is 60.0 Å². The van der Waals surface area contributed by atoms with Crippen molar-refractivity contribution in [3.05, 3.63) is 82.7 Å². The van der Waals surface area contributed by atoms with E-state index in [4.69, 9.17) is 14.2 Å². The molecule has 0 saturated carbocycles. The lowest BCUT2D eigenvalue weighted by molar-refractivity contribution is -0.154. The van der Waals surface area contributed by atoms with Gasteiger partial charge in [-0.3, -0.25) is 9.69 Å². The number of hydrogen-bond acceptors (Lipinski definition) is 6. The highest BCUT2D eigenvalue weighted by Gasteiger charge is 2.17. The van der Waals surface area contributed by atoms with Gasteiger partial charge in [-0.25, -0.2) is 4.39 Å². The highest BCUT2D eigenvalue weighted by atomic mass is 19.1. The molecule has 0 aliphatic carbocycles. The van der Waals surface area contributed by atoms with E-state index in [9.17, 15) is 9.18 Å². The summed E-state index contributed by atoms with van der Waals surface area (Å²) in [5.74, 6) is 0.243. The number of nitrogens with one attached hydrogen (secondary N) is 1. The number of ether oxygens (including phenoxy) is 3. The second-order valence-electron chi connectivity index (χ2n) is 11.7. The first-order valence-corrected chi connectivity index (χ1v) is 14.4. The van der Waals surface area contributed by atoms with E-state index in [1.54, 1.807) is 6.07 Å². The van der Waals surface area contributed by atoms with Crippen LogP contribution in [0.1, 0.15) is 49.4 Å². The number of halogens is 1. The molecule has 1 aliphatic rings. The van der Waals surface area contributed by atoms with E-state index < -0.39 is 5.60 Å². The smallest absolute Gasteiger partial charge is 0.306 e. The quantitative estimate of drug-likeness (QED) is 0.262. The van der Waals surface area contributed by atoms with Crippen molar-refractivity contribution in [2.45, 2.75) is 59.6 Å². The first kappa shape index (κ1) is 30.5. The van der Waals surface area contributed by atoms with Crippen molar-refractivity contribution < 1.29 is 23.4 Å². The molecule has 220 valence electrons. The summed E-state index contributed by atoms with van der Waals surface area (Å²) in [6.45, 7) is 15.3. The number of hydrogen-bond donors (Lipinski definition) is 1. The molecule has 0 spiro atoms. The van der Waals surface area contributed by atoms with Crippen molar-refractivity contribution in [1.29, 1.82) is 0 Å². The van der Waals surface area contributed by atoms with Gasteiger partial charge in [-0.2, -0.15) is 0 Å². The molecule has 1 aliphatic heterocycles. The third-order valence-corrected chi connectivity index (χ3v) is 7.07. The van der Waals surface area contributed by atoms with Gasteiger partial charge in [0.15, 0.2) is 0 Å². The van der Waals surface area contributed by atoms with Crippen molar-refractivity contribution >= 4 is 11.7 Å². The summed E-state index contributed by atoms with van der Waals surface area (Å²) < 4.78 is 31.6. The molecule has 1 N–H and O–H groups in total. The molecule has 6 nitrogen and oxygen atoms in total. The Morgan fingerprint density at radius 1 is 1.02 bits per heavy atom. The molecule has 1 heterocycles. The maximum atomic E-state index is 14.7. The number of aryl methyl sites for hydroxylation is 3. The lowest BCUT2D eigenvalue weighted by Crippen LogP contribution is -2.38. The predicted molar refractivity (Wildman–Crippen MR) is 162 cm³/mol. The number of benzene rings is 3. The van der Waals surface area contributed by atoms with Crippen LogP contribution in [0.25, 0.3) is 11.1 Å². The number of morpholine rings is 1. The van der Waals surface area contributed by atoms with Crippen LogP contribution in [0.15, 0.2) is 54.6 Å². The second-order valence-corrected chi connectivity index (χ2v) is 11.7. The second kappa shape index (κ2) is 14.0. The maximum absolute atomic E-state index is 14.7. The summed E-state index contributed by atoms with van der Waals surface area (Å²) in [7, 11) is 0. The van der Waals surface area contributed by atoms with E-state index in [2.05, 4.69) is 60.5 Å². The van der Waals surface area contributed by atoms with E-state index >= 15 is 0 Å². The third-order valence-electron chi connectivity index (χ3n) is 7.07. The molecular weight excluding hydrogens is 519 g/mol. The number of carbonyl (C=O) groups excluding carboxylic acids is 1. The van der Waals surface area contributed by atoms with Crippen LogP contribution < -0.4 is 10.1 Å². The van der Waals surface area contributed by atoms with Gasteiger partial charge in [0.05, 0.1) is 13.2 Å². The van der Waals surface area contributed by atoms with Crippen molar-refractivity contribution in [2.24, 2.45) is 0 Å². The van der Waals surface area contributed by atoms with Gasteiger partial charge in [-0.1, -0.05) is 24.3 Å². The van der Waals surface area contributed by atoms with E-state index in [1.165, 1.54) is 22.8 Å². The monoisotopic (exact) mass is 562 g/mol. The average molecular weight is 563 g/mol. The largest absolute Gasteiger partial charge is 0.492 e. The average Bonchev–Trinajstić information content (AvgIpc) is 2.91. The van der Waals surface area contributed by atoms with Gasteiger partial charge in [-0.05, 0) is 105 Å². The molecule has 41 heavy (non-hydrogen) atoms. The van der Waals surface area contributed by atoms with E-state index in [0.29, 0.717) is 30.8 Å². The number of anilines is 1. The Morgan fingerprint density at radius 3 is 2.44 bits per heavy atom. The van der Waals surface area contributed by atoms with Crippen LogP contribution in [0.3, 0.4) is 0 Å². The van der Waals surface area contributed by atoms with Gasteiger partial charge in [0, 0.05) is 38.3 Å². The number of nitrogens with zero attached hydrogens (tertiary/aromatic N) is 1. The number of esters is 1. The molecule has 3 aromatic carbocycles. The minimum absolute atomic E-state index is 0.147. The molecule has 1 saturated heterocycles. The Kier molecular flexibility index (Phi) is 10.4. The zero-order valence-electron chi connectivity index (χ0n) is 25.0. The minimum Gasteiger partial charge on any atom is -0.492 e.